The molecule has 2 aromatic carbocycles. The van der Waals surface area contributed by atoms with Gasteiger partial charge >= 0.3 is 5.97 Å². The maximum Gasteiger partial charge on any atom is 0.356 e. The SMILES string of the molecule is CS(=O)(=O)NC(=O)Cc1c(C(=O)O)nn(-c2ccccc2Cl)c1-c1ccc(Cl)cc1. The molecule has 0 aliphatic heterocycles. The molecule has 0 atom stereocenters. The zero-order valence-corrected chi connectivity index (χ0v) is 17.8. The summed E-state index contributed by atoms with van der Waals surface area (Å²) in [4.78, 5) is 24.2. The summed E-state index contributed by atoms with van der Waals surface area (Å²) in [5.74, 6) is -2.27. The number of aromatic carboxylic acids is 1. The van der Waals surface area contributed by atoms with Crippen molar-refractivity contribution in [1.29, 1.82) is 0 Å². The van der Waals surface area contributed by atoms with Gasteiger partial charge in [-0.2, -0.15) is 5.10 Å². The van der Waals surface area contributed by atoms with Crippen LogP contribution in [0, 0.1) is 0 Å². The first-order chi connectivity index (χ1) is 14.1. The van der Waals surface area contributed by atoms with E-state index in [1.54, 1.807) is 48.5 Å². The molecule has 30 heavy (non-hydrogen) atoms. The zero-order chi connectivity index (χ0) is 22.1. The van der Waals surface area contributed by atoms with Crippen molar-refractivity contribution in [2.45, 2.75) is 6.42 Å². The maximum atomic E-state index is 12.3. The molecule has 3 aromatic rings. The standard InChI is InChI=1S/C19H15Cl2N3O5S/c1-30(28,29)23-16(25)10-13-17(19(26)27)22-24(15-5-3-2-4-14(15)21)18(13)11-6-8-12(20)9-7-11/h2-9H,10H2,1H3,(H,23,25)(H,26,27). The van der Waals surface area contributed by atoms with E-state index in [2.05, 4.69) is 5.10 Å². The molecule has 0 saturated carbocycles. The minimum absolute atomic E-state index is 0.0332. The van der Waals surface area contributed by atoms with Gasteiger partial charge in [0.15, 0.2) is 5.69 Å². The number of rotatable bonds is 6. The van der Waals surface area contributed by atoms with Crippen molar-refractivity contribution in [2.24, 2.45) is 0 Å². The molecule has 8 nitrogen and oxygen atoms in total. The van der Waals surface area contributed by atoms with Crippen molar-refractivity contribution >= 4 is 45.1 Å². The summed E-state index contributed by atoms with van der Waals surface area (Å²) in [5.41, 5.74) is 0.818. The molecule has 0 saturated heterocycles. The lowest BCUT2D eigenvalue weighted by atomic mass is 10.0. The van der Waals surface area contributed by atoms with E-state index in [4.69, 9.17) is 23.2 Å². The van der Waals surface area contributed by atoms with Crippen molar-refractivity contribution in [3.8, 4) is 16.9 Å². The number of para-hydroxylation sites is 1. The summed E-state index contributed by atoms with van der Waals surface area (Å²) in [5, 5.41) is 14.6. The third-order valence-corrected chi connectivity index (χ3v) is 5.19. The molecule has 0 unspecified atom stereocenters. The molecule has 0 fully saturated rings. The Bertz CT molecular complexity index is 1240. The fraction of sp³-hybridized carbons (Fsp3) is 0.105. The van der Waals surface area contributed by atoms with Gasteiger partial charge in [-0.25, -0.2) is 17.9 Å². The average Bonchev–Trinajstić information content (AvgIpc) is 3.00. The summed E-state index contributed by atoms with van der Waals surface area (Å²) >= 11 is 12.3. The summed E-state index contributed by atoms with van der Waals surface area (Å²) in [6.45, 7) is 0. The number of carboxylic acid groups (broad SMARTS) is 1. The lowest BCUT2D eigenvalue weighted by Crippen LogP contribution is -2.31. The minimum Gasteiger partial charge on any atom is -0.476 e. The smallest absolute Gasteiger partial charge is 0.356 e. The number of nitrogens with one attached hydrogen (secondary N) is 1. The fourth-order valence-corrected chi connectivity index (χ4v) is 3.72. The van der Waals surface area contributed by atoms with E-state index in [-0.39, 0.29) is 11.3 Å². The van der Waals surface area contributed by atoms with E-state index in [9.17, 15) is 23.1 Å². The Kier molecular flexibility index (Phi) is 6.16. The van der Waals surface area contributed by atoms with Crippen molar-refractivity contribution in [2.75, 3.05) is 6.26 Å². The maximum absolute atomic E-state index is 12.3. The topological polar surface area (TPSA) is 118 Å². The van der Waals surface area contributed by atoms with Gasteiger partial charge in [0.05, 0.1) is 29.1 Å². The molecule has 2 N–H and O–H groups in total. The number of halogens is 2. The molecule has 1 amide bonds. The first-order valence-corrected chi connectivity index (χ1v) is 11.1. The second-order valence-electron chi connectivity index (χ2n) is 6.33. The first-order valence-electron chi connectivity index (χ1n) is 8.43. The van der Waals surface area contributed by atoms with Crippen LogP contribution in [0.2, 0.25) is 10.0 Å². The van der Waals surface area contributed by atoms with Gasteiger partial charge in [-0.05, 0) is 24.3 Å². The second kappa shape index (κ2) is 8.47. The highest BCUT2D eigenvalue weighted by atomic mass is 35.5. The molecule has 156 valence electrons. The highest BCUT2D eigenvalue weighted by Gasteiger charge is 2.27. The van der Waals surface area contributed by atoms with Crippen LogP contribution in [0.4, 0.5) is 0 Å². The number of carbonyl (C=O) groups is 2. The summed E-state index contributed by atoms with van der Waals surface area (Å²) in [6, 6.07) is 13.1. The molecule has 0 radical (unpaired) electrons. The third kappa shape index (κ3) is 4.81. The third-order valence-electron chi connectivity index (χ3n) is 4.02. The van der Waals surface area contributed by atoms with Crippen molar-refractivity contribution in [3.05, 3.63) is 69.8 Å². The van der Waals surface area contributed by atoms with Crippen LogP contribution in [-0.2, 0) is 21.2 Å². The predicted octanol–water partition coefficient (Wildman–Crippen LogP) is 3.16. The van der Waals surface area contributed by atoms with Crippen LogP contribution in [0.5, 0.6) is 0 Å². The Morgan fingerprint density at radius 1 is 1.10 bits per heavy atom. The fourth-order valence-electron chi connectivity index (χ4n) is 2.90. The molecular formula is C19H15Cl2N3O5S. The van der Waals surface area contributed by atoms with Crippen molar-refractivity contribution < 1.29 is 23.1 Å². The van der Waals surface area contributed by atoms with Crippen LogP contribution in [-0.4, -0.2) is 41.4 Å². The van der Waals surface area contributed by atoms with Gasteiger partial charge in [-0.3, -0.25) is 9.52 Å². The van der Waals surface area contributed by atoms with Gasteiger partial charge < -0.3 is 5.11 Å². The summed E-state index contributed by atoms with van der Waals surface area (Å²) < 4.78 is 26.0. The van der Waals surface area contributed by atoms with E-state index < -0.39 is 34.0 Å². The summed E-state index contributed by atoms with van der Waals surface area (Å²) in [6.07, 6.45) is 0.299. The van der Waals surface area contributed by atoms with E-state index >= 15 is 0 Å². The van der Waals surface area contributed by atoms with Crippen LogP contribution in [0.1, 0.15) is 16.1 Å². The molecule has 1 heterocycles. The van der Waals surface area contributed by atoms with E-state index in [0.29, 0.717) is 21.3 Å². The second-order valence-corrected chi connectivity index (χ2v) is 8.92. The highest BCUT2D eigenvalue weighted by Crippen LogP contribution is 2.33. The van der Waals surface area contributed by atoms with Crippen LogP contribution in [0.25, 0.3) is 16.9 Å². The van der Waals surface area contributed by atoms with E-state index in [1.165, 1.54) is 4.68 Å². The van der Waals surface area contributed by atoms with Crippen molar-refractivity contribution in [1.82, 2.24) is 14.5 Å². The minimum atomic E-state index is -3.82. The number of sulfonamides is 1. The van der Waals surface area contributed by atoms with Crippen LogP contribution >= 0.6 is 23.2 Å². The lowest BCUT2D eigenvalue weighted by Gasteiger charge is -2.11. The Morgan fingerprint density at radius 2 is 1.73 bits per heavy atom. The molecular weight excluding hydrogens is 453 g/mol. The molecule has 1 aromatic heterocycles. The van der Waals surface area contributed by atoms with Gasteiger partial charge in [0.1, 0.15) is 0 Å². The predicted molar refractivity (Wildman–Crippen MR) is 113 cm³/mol. The Labute approximate surface area is 182 Å². The van der Waals surface area contributed by atoms with E-state index in [1.807, 2.05) is 4.72 Å². The number of benzene rings is 2. The Hall–Kier alpha value is -2.88. The largest absolute Gasteiger partial charge is 0.476 e. The molecule has 0 aliphatic rings. The summed E-state index contributed by atoms with van der Waals surface area (Å²) in [7, 11) is -3.82. The van der Waals surface area contributed by atoms with Crippen LogP contribution in [0.15, 0.2) is 48.5 Å². The highest BCUT2D eigenvalue weighted by molar-refractivity contribution is 7.89. The molecule has 0 spiro atoms. The van der Waals surface area contributed by atoms with Gasteiger partial charge in [-0.1, -0.05) is 47.5 Å². The average molecular weight is 468 g/mol. The number of carboxylic acids is 1. The van der Waals surface area contributed by atoms with Gasteiger partial charge in [0, 0.05) is 16.1 Å². The number of amides is 1. The number of hydrogen-bond acceptors (Lipinski definition) is 5. The normalized spacial score (nSPS) is 11.3. The molecule has 3 rings (SSSR count). The number of nitrogens with zero attached hydrogens (tertiary/aromatic N) is 2. The van der Waals surface area contributed by atoms with Crippen LogP contribution in [0.3, 0.4) is 0 Å². The zero-order valence-electron chi connectivity index (χ0n) is 15.5. The molecule has 0 bridgehead atoms. The number of aromatic nitrogens is 2. The van der Waals surface area contributed by atoms with E-state index in [0.717, 1.165) is 6.26 Å². The monoisotopic (exact) mass is 467 g/mol. The quantitative estimate of drug-likeness (QED) is 0.574. The number of carbonyl (C=O) groups excluding carboxylic acids is 1. The Morgan fingerprint density at radius 3 is 2.30 bits per heavy atom. The van der Waals surface area contributed by atoms with Gasteiger partial charge in [0.25, 0.3) is 0 Å². The first kappa shape index (κ1) is 21.8. The van der Waals surface area contributed by atoms with Crippen LogP contribution < -0.4 is 4.72 Å². The number of hydrogen-bond donors (Lipinski definition) is 2. The molecule has 11 heteroatoms. The Balaban J connectivity index is 2.28. The molecule has 0 aliphatic carbocycles. The van der Waals surface area contributed by atoms with Gasteiger partial charge in [0.2, 0.25) is 15.9 Å². The van der Waals surface area contributed by atoms with Crippen molar-refractivity contribution in [3.63, 3.8) is 0 Å². The lowest BCUT2D eigenvalue weighted by molar-refractivity contribution is -0.118. The van der Waals surface area contributed by atoms with Gasteiger partial charge in [-0.15, -0.1) is 0 Å².